The Labute approximate surface area is 174 Å². The largest absolute Gasteiger partial charge is 0.493 e. The fraction of sp³-hybridized carbons (Fsp3) is 0.318. The Morgan fingerprint density at radius 1 is 1.10 bits per heavy atom. The monoisotopic (exact) mass is 412 g/mol. The van der Waals surface area contributed by atoms with E-state index in [0.29, 0.717) is 29.3 Å². The van der Waals surface area contributed by atoms with Gasteiger partial charge in [-0.1, -0.05) is 18.2 Å². The molecule has 1 atom stereocenters. The first-order chi connectivity index (χ1) is 14.4. The van der Waals surface area contributed by atoms with Crippen LogP contribution in [0.3, 0.4) is 0 Å². The van der Waals surface area contributed by atoms with Crippen molar-refractivity contribution in [1.29, 1.82) is 0 Å². The number of aryl methyl sites for hydroxylation is 1. The molecule has 8 heteroatoms. The molecule has 0 radical (unpaired) electrons. The maximum Gasteiger partial charge on any atom is 0.306 e. The summed E-state index contributed by atoms with van der Waals surface area (Å²) >= 11 is 0. The van der Waals surface area contributed by atoms with E-state index in [4.69, 9.17) is 14.2 Å². The van der Waals surface area contributed by atoms with Crippen molar-refractivity contribution in [3.8, 4) is 11.5 Å². The summed E-state index contributed by atoms with van der Waals surface area (Å²) in [4.78, 5) is 38.3. The number of hydrogen-bond donors (Lipinski definition) is 1. The minimum atomic E-state index is -1.01. The average Bonchev–Trinajstić information content (AvgIpc) is 2.76. The van der Waals surface area contributed by atoms with Crippen molar-refractivity contribution < 1.29 is 28.6 Å². The van der Waals surface area contributed by atoms with Crippen LogP contribution in [0, 0.1) is 0 Å². The number of nitrogens with zero attached hydrogens (tertiary/aromatic N) is 1. The Morgan fingerprint density at radius 3 is 2.57 bits per heavy atom. The number of para-hydroxylation sites is 2. The molecule has 0 bridgehead atoms. The van der Waals surface area contributed by atoms with Gasteiger partial charge in [0.15, 0.2) is 17.6 Å². The van der Waals surface area contributed by atoms with Crippen LogP contribution in [0.25, 0.3) is 0 Å². The highest BCUT2D eigenvalue weighted by Gasteiger charge is 2.31. The number of carbonyl (C=O) groups excluding carboxylic acids is 3. The third kappa shape index (κ3) is 4.71. The second kappa shape index (κ2) is 9.30. The lowest BCUT2D eigenvalue weighted by Crippen LogP contribution is -2.47. The van der Waals surface area contributed by atoms with E-state index < -0.39 is 18.0 Å². The van der Waals surface area contributed by atoms with Crippen molar-refractivity contribution in [2.24, 2.45) is 0 Å². The van der Waals surface area contributed by atoms with Gasteiger partial charge in [0.05, 0.1) is 25.6 Å². The smallest absolute Gasteiger partial charge is 0.306 e. The molecule has 0 fully saturated rings. The average molecular weight is 412 g/mol. The van der Waals surface area contributed by atoms with Gasteiger partial charge in [-0.2, -0.15) is 0 Å². The van der Waals surface area contributed by atoms with Crippen LogP contribution in [-0.2, 0) is 25.5 Å². The van der Waals surface area contributed by atoms with Gasteiger partial charge >= 0.3 is 5.97 Å². The molecule has 2 amide bonds. The predicted molar refractivity (Wildman–Crippen MR) is 111 cm³/mol. The van der Waals surface area contributed by atoms with Gasteiger partial charge in [-0.25, -0.2) is 0 Å². The molecule has 1 aliphatic rings. The Balaban J connectivity index is 1.59. The van der Waals surface area contributed by atoms with Crippen molar-refractivity contribution in [1.82, 2.24) is 0 Å². The quantitative estimate of drug-likeness (QED) is 0.703. The second-order valence-corrected chi connectivity index (χ2v) is 6.81. The van der Waals surface area contributed by atoms with Crippen LogP contribution in [0.2, 0.25) is 0 Å². The molecule has 8 nitrogen and oxygen atoms in total. The van der Waals surface area contributed by atoms with Gasteiger partial charge in [-0.3, -0.25) is 19.3 Å². The highest BCUT2D eigenvalue weighted by atomic mass is 16.5. The number of ether oxygens (including phenoxy) is 3. The summed E-state index contributed by atoms with van der Waals surface area (Å²) in [7, 11) is 3.10. The minimum Gasteiger partial charge on any atom is -0.493 e. The van der Waals surface area contributed by atoms with Crippen LogP contribution < -0.4 is 19.7 Å². The fourth-order valence-corrected chi connectivity index (χ4v) is 3.24. The molecule has 2 aromatic carbocycles. The van der Waals surface area contributed by atoms with Gasteiger partial charge in [0.2, 0.25) is 5.91 Å². The molecule has 2 aromatic rings. The van der Waals surface area contributed by atoms with E-state index in [1.165, 1.54) is 11.8 Å². The summed E-state index contributed by atoms with van der Waals surface area (Å²) in [5.41, 5.74) is 2.01. The molecular weight excluding hydrogens is 388 g/mol. The third-order valence-electron chi connectivity index (χ3n) is 4.76. The Morgan fingerprint density at radius 2 is 1.83 bits per heavy atom. The molecule has 0 aliphatic carbocycles. The maximum atomic E-state index is 12.8. The van der Waals surface area contributed by atoms with Gasteiger partial charge in [-0.15, -0.1) is 0 Å². The highest BCUT2D eigenvalue weighted by molar-refractivity contribution is 6.11. The number of methoxy groups -OCH3 is 2. The first-order valence-corrected chi connectivity index (χ1v) is 9.53. The Bertz CT molecular complexity index is 958. The highest BCUT2D eigenvalue weighted by Crippen LogP contribution is 2.30. The summed E-state index contributed by atoms with van der Waals surface area (Å²) < 4.78 is 15.8. The number of amides is 2. The third-order valence-corrected chi connectivity index (χ3v) is 4.76. The normalized spacial score (nSPS) is 13.7. The SMILES string of the molecule is COc1ccc(CCC(=O)O[C@@H](C)C(=O)N2CC(=O)Nc3ccccc32)cc1OC. The molecule has 0 spiro atoms. The molecule has 1 heterocycles. The lowest BCUT2D eigenvalue weighted by molar-refractivity contribution is -0.153. The first-order valence-electron chi connectivity index (χ1n) is 9.53. The van der Waals surface area contributed by atoms with Gasteiger partial charge in [0.25, 0.3) is 5.91 Å². The number of esters is 1. The zero-order chi connectivity index (χ0) is 21.7. The number of anilines is 2. The summed E-state index contributed by atoms with van der Waals surface area (Å²) in [5, 5.41) is 2.72. The van der Waals surface area contributed by atoms with E-state index in [1.54, 1.807) is 50.6 Å². The van der Waals surface area contributed by atoms with Crippen molar-refractivity contribution in [3.05, 3.63) is 48.0 Å². The topological polar surface area (TPSA) is 94.2 Å². The van der Waals surface area contributed by atoms with Crippen molar-refractivity contribution in [3.63, 3.8) is 0 Å². The van der Waals surface area contributed by atoms with E-state index in [2.05, 4.69) is 5.32 Å². The number of nitrogens with one attached hydrogen (secondary N) is 1. The van der Waals surface area contributed by atoms with Gasteiger partial charge in [-0.05, 0) is 43.2 Å². The number of benzene rings is 2. The summed E-state index contributed by atoms with van der Waals surface area (Å²) in [6.07, 6.45) is -0.485. The number of hydrogen-bond acceptors (Lipinski definition) is 6. The van der Waals surface area contributed by atoms with Crippen LogP contribution in [0.4, 0.5) is 11.4 Å². The molecule has 0 unspecified atom stereocenters. The molecule has 1 aliphatic heterocycles. The van der Waals surface area contributed by atoms with E-state index in [0.717, 1.165) is 5.56 Å². The summed E-state index contributed by atoms with van der Waals surface area (Å²) in [6, 6.07) is 12.4. The number of rotatable bonds is 7. The van der Waals surface area contributed by atoms with Crippen LogP contribution in [0.1, 0.15) is 18.9 Å². The molecule has 0 saturated heterocycles. The van der Waals surface area contributed by atoms with Crippen LogP contribution in [0.5, 0.6) is 11.5 Å². The Kier molecular flexibility index (Phi) is 6.56. The molecular formula is C22H24N2O6. The molecule has 0 aromatic heterocycles. The number of carbonyl (C=O) groups is 3. The van der Waals surface area contributed by atoms with Crippen molar-refractivity contribution in [2.45, 2.75) is 25.9 Å². The van der Waals surface area contributed by atoms with E-state index >= 15 is 0 Å². The molecule has 30 heavy (non-hydrogen) atoms. The molecule has 0 saturated carbocycles. The van der Waals surface area contributed by atoms with Crippen LogP contribution in [0.15, 0.2) is 42.5 Å². The first kappa shape index (κ1) is 21.2. The maximum absolute atomic E-state index is 12.8. The minimum absolute atomic E-state index is 0.101. The van der Waals surface area contributed by atoms with Gasteiger partial charge in [0, 0.05) is 6.42 Å². The molecule has 1 N–H and O–H groups in total. The van der Waals surface area contributed by atoms with Gasteiger partial charge in [0.1, 0.15) is 6.54 Å². The van der Waals surface area contributed by atoms with Crippen molar-refractivity contribution in [2.75, 3.05) is 31.0 Å². The predicted octanol–water partition coefficient (Wildman–Crippen LogP) is 2.55. The standard InChI is InChI=1S/C22H24N2O6/c1-14(22(27)24-13-20(25)23-16-6-4-5-7-17(16)24)30-21(26)11-9-15-8-10-18(28-2)19(12-15)29-3/h4-8,10,12,14H,9,11,13H2,1-3H3,(H,23,25)/t14-/m0/s1. The molecule has 3 rings (SSSR count). The number of fused-ring (bicyclic) bond motifs is 1. The lowest BCUT2D eigenvalue weighted by Gasteiger charge is -2.30. The van der Waals surface area contributed by atoms with Crippen LogP contribution in [-0.4, -0.2) is 44.7 Å². The zero-order valence-electron chi connectivity index (χ0n) is 17.1. The van der Waals surface area contributed by atoms with Gasteiger partial charge < -0.3 is 19.5 Å². The lowest BCUT2D eigenvalue weighted by atomic mass is 10.1. The summed E-state index contributed by atoms with van der Waals surface area (Å²) in [5.74, 6) is -0.0611. The summed E-state index contributed by atoms with van der Waals surface area (Å²) in [6.45, 7) is 1.38. The zero-order valence-corrected chi connectivity index (χ0v) is 17.1. The molecule has 158 valence electrons. The van der Waals surface area contributed by atoms with Crippen molar-refractivity contribution >= 4 is 29.2 Å². The van der Waals surface area contributed by atoms with E-state index in [1.807, 2.05) is 6.07 Å². The van der Waals surface area contributed by atoms with E-state index in [-0.39, 0.29) is 18.9 Å². The second-order valence-electron chi connectivity index (χ2n) is 6.81. The van der Waals surface area contributed by atoms with E-state index in [9.17, 15) is 14.4 Å². The van der Waals surface area contributed by atoms with Crippen LogP contribution >= 0.6 is 0 Å². The Hall–Kier alpha value is -3.55. The fourth-order valence-electron chi connectivity index (χ4n) is 3.24.